The van der Waals surface area contributed by atoms with Gasteiger partial charge < -0.3 is 10.3 Å². The lowest BCUT2D eigenvalue weighted by atomic mass is 10.1. The Labute approximate surface area is 245 Å². The van der Waals surface area contributed by atoms with Crippen molar-refractivity contribution < 1.29 is 4.79 Å². The average molecular weight is 553 g/mol. The van der Waals surface area contributed by atoms with Gasteiger partial charge in [-0.1, -0.05) is 44.2 Å². The monoisotopic (exact) mass is 552 g/mol. The molecule has 0 fully saturated rings. The summed E-state index contributed by atoms with van der Waals surface area (Å²) in [7, 11) is 0. The highest BCUT2D eigenvalue weighted by atomic mass is 16.1. The fourth-order valence-corrected chi connectivity index (χ4v) is 5.16. The van der Waals surface area contributed by atoms with E-state index in [9.17, 15) is 4.79 Å². The molecule has 1 atom stereocenters. The van der Waals surface area contributed by atoms with E-state index in [1.165, 1.54) is 11.1 Å². The van der Waals surface area contributed by atoms with Crippen molar-refractivity contribution in [2.45, 2.75) is 73.1 Å². The first-order valence-electron chi connectivity index (χ1n) is 14.7. The van der Waals surface area contributed by atoms with Crippen molar-refractivity contribution in [3.8, 4) is 0 Å². The lowest BCUT2D eigenvalue weighted by Gasteiger charge is -2.28. The normalized spacial score (nSPS) is 12.2. The molecule has 2 aromatic carbocycles. The molecule has 216 valence electrons. The molecule has 1 unspecified atom stereocenters. The Morgan fingerprint density at radius 3 is 2.17 bits per heavy atom. The number of rotatable bonds is 14. The highest BCUT2D eigenvalue weighted by Gasteiger charge is 2.20. The lowest BCUT2D eigenvalue weighted by Crippen LogP contribution is -2.28. The van der Waals surface area contributed by atoms with Crippen molar-refractivity contribution in [2.75, 3.05) is 18.4 Å². The van der Waals surface area contributed by atoms with Crippen LogP contribution < -0.4 is 5.32 Å². The maximum atomic E-state index is 13.0. The molecule has 7 heteroatoms. The highest BCUT2D eigenvalue weighted by Crippen LogP contribution is 2.23. The van der Waals surface area contributed by atoms with Crippen LogP contribution in [0.5, 0.6) is 0 Å². The molecule has 2 N–H and O–H groups in total. The first kappa shape index (κ1) is 30.2. The number of pyridine rings is 1. The predicted octanol–water partition coefficient (Wildman–Crippen LogP) is 7.06. The van der Waals surface area contributed by atoms with E-state index in [4.69, 9.17) is 4.98 Å². The molecule has 41 heavy (non-hydrogen) atoms. The summed E-state index contributed by atoms with van der Waals surface area (Å²) in [5.74, 6) is 0.809. The second kappa shape index (κ2) is 14.7. The van der Waals surface area contributed by atoms with Crippen molar-refractivity contribution in [3.05, 3.63) is 113 Å². The second-order valence-electron chi connectivity index (χ2n) is 11.0. The van der Waals surface area contributed by atoms with Gasteiger partial charge in [-0.2, -0.15) is 0 Å². The van der Waals surface area contributed by atoms with E-state index in [1.54, 1.807) is 6.20 Å². The first-order chi connectivity index (χ1) is 19.9. The van der Waals surface area contributed by atoms with Gasteiger partial charge in [0.05, 0.1) is 11.7 Å². The molecule has 0 aliphatic carbocycles. The summed E-state index contributed by atoms with van der Waals surface area (Å²) in [6.45, 7) is 15.3. The van der Waals surface area contributed by atoms with Gasteiger partial charge in [0.2, 0.25) is 0 Å². The van der Waals surface area contributed by atoms with E-state index in [1.807, 2.05) is 48.8 Å². The van der Waals surface area contributed by atoms with Crippen LogP contribution in [0.1, 0.15) is 83.8 Å². The minimum Gasteiger partial charge on any atom is -0.347 e. The standard InChI is InChI=1S/C34H44N6O/c1-6-18-39(19-7-2)22-28-10-14-31(15-11-28)38-34(41)30-12-8-29(9-13-30)23-40(27(5)33-35-16-17-36-33)24-32-26(4)20-25(3)21-37-32/h8-17,20-21,27H,6-7,18-19,22-24H2,1-5H3,(H,35,36)(H,38,41). The summed E-state index contributed by atoms with van der Waals surface area (Å²) in [6.07, 6.45) is 7.86. The van der Waals surface area contributed by atoms with Crippen molar-refractivity contribution in [1.29, 1.82) is 0 Å². The number of aromatic amines is 1. The number of aryl methyl sites for hydroxylation is 2. The van der Waals surface area contributed by atoms with Crippen LogP contribution in [0.3, 0.4) is 0 Å². The average Bonchev–Trinajstić information content (AvgIpc) is 3.50. The van der Waals surface area contributed by atoms with Gasteiger partial charge in [-0.15, -0.1) is 0 Å². The molecular weight excluding hydrogens is 508 g/mol. The van der Waals surface area contributed by atoms with E-state index in [0.29, 0.717) is 18.7 Å². The Balaban J connectivity index is 1.40. The predicted molar refractivity (Wildman–Crippen MR) is 167 cm³/mol. The number of carbonyl (C=O) groups is 1. The molecule has 0 aliphatic heterocycles. The Bertz CT molecular complexity index is 1360. The smallest absolute Gasteiger partial charge is 0.255 e. The zero-order chi connectivity index (χ0) is 29.2. The van der Waals surface area contributed by atoms with Gasteiger partial charge in [0.1, 0.15) is 5.82 Å². The number of hydrogen-bond acceptors (Lipinski definition) is 5. The van der Waals surface area contributed by atoms with E-state index >= 15 is 0 Å². The Kier molecular flexibility index (Phi) is 10.8. The number of anilines is 1. The number of nitrogens with one attached hydrogen (secondary N) is 2. The first-order valence-corrected chi connectivity index (χ1v) is 14.7. The van der Waals surface area contributed by atoms with Gasteiger partial charge in [0.25, 0.3) is 5.91 Å². The molecule has 0 saturated carbocycles. The topological polar surface area (TPSA) is 77.2 Å². The molecule has 0 saturated heterocycles. The quantitative estimate of drug-likeness (QED) is 0.175. The molecule has 4 rings (SSSR count). The fourth-order valence-electron chi connectivity index (χ4n) is 5.16. The third-order valence-corrected chi connectivity index (χ3v) is 7.44. The summed E-state index contributed by atoms with van der Waals surface area (Å²) in [6, 6.07) is 18.3. The number of carbonyl (C=O) groups excluding carboxylic acids is 1. The molecule has 0 aliphatic rings. The Morgan fingerprint density at radius 2 is 1.56 bits per heavy atom. The van der Waals surface area contributed by atoms with E-state index in [0.717, 1.165) is 60.8 Å². The van der Waals surface area contributed by atoms with Gasteiger partial charge in [-0.3, -0.25) is 19.6 Å². The summed E-state index contributed by atoms with van der Waals surface area (Å²) >= 11 is 0. The third kappa shape index (κ3) is 8.59. The number of benzene rings is 2. The van der Waals surface area contributed by atoms with E-state index in [-0.39, 0.29) is 11.9 Å². The second-order valence-corrected chi connectivity index (χ2v) is 11.0. The molecular formula is C34H44N6O. The van der Waals surface area contributed by atoms with E-state index in [2.05, 4.69) is 77.9 Å². The van der Waals surface area contributed by atoms with Crippen molar-refractivity contribution in [2.24, 2.45) is 0 Å². The van der Waals surface area contributed by atoms with Crippen LogP contribution in [0.4, 0.5) is 5.69 Å². The van der Waals surface area contributed by atoms with Gasteiger partial charge in [0.15, 0.2) is 0 Å². The number of aromatic nitrogens is 3. The number of amides is 1. The largest absolute Gasteiger partial charge is 0.347 e. The summed E-state index contributed by atoms with van der Waals surface area (Å²) in [5.41, 5.74) is 7.22. The van der Waals surface area contributed by atoms with Crippen LogP contribution in [0.2, 0.25) is 0 Å². The minimum atomic E-state index is -0.108. The van der Waals surface area contributed by atoms with Gasteiger partial charge >= 0.3 is 0 Å². The maximum absolute atomic E-state index is 13.0. The Hall–Kier alpha value is -3.81. The SMILES string of the molecule is CCCN(CCC)Cc1ccc(NC(=O)c2ccc(CN(Cc3ncc(C)cc3C)C(C)c3ncc[nH]3)cc2)cc1. The summed E-state index contributed by atoms with van der Waals surface area (Å²) in [5, 5.41) is 3.05. The minimum absolute atomic E-state index is 0.0643. The van der Waals surface area contributed by atoms with Crippen molar-refractivity contribution in [3.63, 3.8) is 0 Å². The third-order valence-electron chi connectivity index (χ3n) is 7.44. The summed E-state index contributed by atoms with van der Waals surface area (Å²) < 4.78 is 0. The zero-order valence-electron chi connectivity index (χ0n) is 25.2. The lowest BCUT2D eigenvalue weighted by molar-refractivity contribution is 0.102. The number of hydrogen-bond donors (Lipinski definition) is 2. The van der Waals surface area contributed by atoms with Gasteiger partial charge in [-0.25, -0.2) is 4.98 Å². The number of H-pyrrole nitrogens is 1. The van der Waals surface area contributed by atoms with Gasteiger partial charge in [-0.05, 0) is 93.2 Å². The molecule has 0 radical (unpaired) electrons. The number of imidazole rings is 1. The van der Waals surface area contributed by atoms with Crippen LogP contribution in [0, 0.1) is 13.8 Å². The highest BCUT2D eigenvalue weighted by molar-refractivity contribution is 6.04. The molecule has 0 spiro atoms. The molecule has 2 heterocycles. The van der Waals surface area contributed by atoms with E-state index < -0.39 is 0 Å². The van der Waals surface area contributed by atoms with Crippen LogP contribution >= 0.6 is 0 Å². The zero-order valence-corrected chi connectivity index (χ0v) is 25.2. The van der Waals surface area contributed by atoms with Crippen molar-refractivity contribution in [1.82, 2.24) is 24.8 Å². The number of nitrogens with zero attached hydrogens (tertiary/aromatic N) is 4. The fraction of sp³-hybridized carbons (Fsp3) is 0.382. The Morgan fingerprint density at radius 1 is 0.902 bits per heavy atom. The van der Waals surface area contributed by atoms with Crippen LogP contribution in [-0.2, 0) is 19.6 Å². The molecule has 2 aromatic heterocycles. The van der Waals surface area contributed by atoms with Crippen LogP contribution in [0.15, 0.2) is 73.2 Å². The maximum Gasteiger partial charge on any atom is 0.255 e. The van der Waals surface area contributed by atoms with Crippen LogP contribution in [-0.4, -0.2) is 43.7 Å². The van der Waals surface area contributed by atoms with Crippen LogP contribution in [0.25, 0.3) is 0 Å². The van der Waals surface area contributed by atoms with Gasteiger partial charge in [0, 0.05) is 49.5 Å². The molecule has 4 aromatic rings. The molecule has 7 nitrogen and oxygen atoms in total. The molecule has 1 amide bonds. The summed E-state index contributed by atoms with van der Waals surface area (Å²) in [4.78, 5) is 30.3. The molecule has 0 bridgehead atoms. The van der Waals surface area contributed by atoms with Crippen molar-refractivity contribution >= 4 is 11.6 Å².